The predicted octanol–water partition coefficient (Wildman–Crippen LogP) is 6.71. The van der Waals surface area contributed by atoms with Crippen molar-refractivity contribution >= 4 is 89.2 Å². The average Bonchev–Trinajstić information content (AvgIpc) is 1.66. The van der Waals surface area contributed by atoms with E-state index in [1.54, 1.807) is 190 Å². The number of ether oxygens (including phenoxy) is 3. The van der Waals surface area contributed by atoms with Gasteiger partial charge in [-0.15, -0.1) is 0 Å². The predicted molar refractivity (Wildman–Crippen MR) is 477 cm³/mol. The summed E-state index contributed by atoms with van der Waals surface area (Å²) < 4.78 is 16.3. The molecule has 0 radical (unpaired) electrons. The van der Waals surface area contributed by atoms with Crippen LogP contribution >= 0.6 is 0 Å². The second kappa shape index (κ2) is 49.3. The number of amides is 14. The minimum absolute atomic E-state index is 0.00349. The van der Waals surface area contributed by atoms with E-state index in [9.17, 15) is 58.5 Å². The third kappa shape index (κ3) is 36.0. The number of phenolic OH excluding ortho intramolecular Hbond substituents is 2. The van der Waals surface area contributed by atoms with E-state index in [2.05, 4.69) is 63.8 Å². The SMILES string of the molecule is CC(C)C[C@H](NC(=O)[C@H](CCCNC(=O)OC(C)(C)C)NC(=O)[C@@H](NC(=O)[C@@H](Cc1ccc(O)cc1)NC(=O)[C@@H]1CCCN1C(=O)[C@@H](Cc1ccccc1)NC(=O)[C@H](CC(C)C)NC(=O)[C@H](CCCNC(=O)OC(C)(C)C)NC(=O)[C@@H](NC(=O)[C@@H](Cc1ccc(O)cc1)NC(=O)[C@@H]1CCCN1C(=O)[C@@H](Cc1ccccc1)NC(=O)OC(C)(C)C)C(C)C)C(C)C)C(=O)O. The molecule has 128 heavy (non-hydrogen) atoms. The first-order chi connectivity index (χ1) is 60.0. The van der Waals surface area contributed by atoms with Crippen molar-refractivity contribution in [3.63, 3.8) is 0 Å². The maximum Gasteiger partial charge on any atom is 0.408 e. The number of hydrogen-bond acceptors (Lipinski definition) is 20. The van der Waals surface area contributed by atoms with Gasteiger partial charge in [-0.2, -0.15) is 0 Å². The average molecular weight is 1790 g/mol. The molecule has 0 saturated carbocycles. The van der Waals surface area contributed by atoms with Crippen LogP contribution in [0.2, 0.25) is 0 Å². The summed E-state index contributed by atoms with van der Waals surface area (Å²) in [6.45, 7) is 28.8. The highest BCUT2D eigenvalue weighted by Gasteiger charge is 2.44. The Labute approximate surface area is 750 Å². The third-order valence-corrected chi connectivity index (χ3v) is 21.0. The lowest BCUT2D eigenvalue weighted by atomic mass is 9.99. The van der Waals surface area contributed by atoms with Crippen molar-refractivity contribution in [3.8, 4) is 11.5 Å². The topological polar surface area (TPSA) is 495 Å². The zero-order valence-corrected chi connectivity index (χ0v) is 76.9. The number of carboxylic acids is 1. The number of hydrogen-bond donors (Lipinski definition) is 15. The van der Waals surface area contributed by atoms with Crippen molar-refractivity contribution < 1.29 is 101 Å². The van der Waals surface area contributed by atoms with Crippen molar-refractivity contribution in [3.05, 3.63) is 131 Å². The molecule has 15 N–H and O–H groups in total. The molecule has 2 heterocycles. The maximum absolute atomic E-state index is 15.5. The number of nitrogens with one attached hydrogen (secondary N) is 12. The van der Waals surface area contributed by atoms with E-state index >= 15 is 28.8 Å². The molecule has 2 aliphatic heterocycles. The molecule has 0 aromatic heterocycles. The fourth-order valence-electron chi connectivity index (χ4n) is 14.7. The Kier molecular flexibility index (Phi) is 40.3. The second-order valence-corrected chi connectivity index (χ2v) is 37.3. The monoisotopic (exact) mass is 1790 g/mol. The number of benzene rings is 4. The lowest BCUT2D eigenvalue weighted by Gasteiger charge is -2.32. The first-order valence-corrected chi connectivity index (χ1v) is 44.2. The van der Waals surface area contributed by atoms with Crippen molar-refractivity contribution in [2.75, 3.05) is 26.2 Å². The molecule has 0 aliphatic carbocycles. The molecular weight excluding hydrogens is 1650 g/mol. The Morgan fingerprint density at radius 2 is 0.664 bits per heavy atom. The van der Waals surface area contributed by atoms with Crippen molar-refractivity contribution in [1.82, 2.24) is 73.6 Å². The zero-order valence-electron chi connectivity index (χ0n) is 76.9. The summed E-state index contributed by atoms with van der Waals surface area (Å²) in [5, 5.41) is 63.4. The fourth-order valence-corrected chi connectivity index (χ4v) is 14.7. The maximum atomic E-state index is 15.5. The number of carbonyl (C=O) groups is 15. The summed E-state index contributed by atoms with van der Waals surface area (Å²) in [5.74, 6) is -12.2. The molecule has 0 spiro atoms. The molecule has 35 nitrogen and oxygen atoms in total. The van der Waals surface area contributed by atoms with Crippen LogP contribution in [0.3, 0.4) is 0 Å². The Hall–Kier alpha value is -12.1. The number of alkyl carbamates (subject to hydrolysis) is 3. The number of rotatable bonds is 44. The highest BCUT2D eigenvalue weighted by Crippen LogP contribution is 2.26. The molecule has 14 amide bonds. The van der Waals surface area contributed by atoms with Gasteiger partial charge in [-0.1, -0.05) is 140 Å². The second-order valence-electron chi connectivity index (χ2n) is 37.3. The molecule has 2 aliphatic rings. The van der Waals surface area contributed by atoms with E-state index in [1.165, 1.54) is 46.2 Å². The van der Waals surface area contributed by atoms with Gasteiger partial charge in [-0.25, -0.2) is 19.2 Å². The Morgan fingerprint density at radius 3 is 1.02 bits per heavy atom. The molecular formula is C93H136N14O21. The van der Waals surface area contributed by atoms with E-state index in [1.807, 2.05) is 0 Å². The van der Waals surface area contributed by atoms with Gasteiger partial charge in [0.05, 0.1) is 0 Å². The minimum Gasteiger partial charge on any atom is -0.508 e. The Morgan fingerprint density at radius 1 is 0.359 bits per heavy atom. The summed E-state index contributed by atoms with van der Waals surface area (Å²) in [7, 11) is 0. The van der Waals surface area contributed by atoms with E-state index in [0.29, 0.717) is 28.7 Å². The molecule has 6 rings (SSSR count). The first-order valence-electron chi connectivity index (χ1n) is 44.2. The highest BCUT2D eigenvalue weighted by atomic mass is 16.6. The molecule has 12 atom stereocenters. The molecule has 35 heteroatoms. The standard InChI is InChI=1S/C93H136N14O21/c1-54(2)48-66(98-76(110)64(32-24-44-94-88(123)126-91(9,10)11)96-83(117)74(56(5)6)104-80(114)68(51-61-38-42-63(109)43-39-61)100-82(116)73-35-27-47-107(73)86(120)70(53-59-30-22-19-23-31-59)103-90(125)128-93(15,16)17)78(112)101-69(52-58-28-20-18-21-29-58)85(119)106-46-26-34-72(106)81(115)99-67(50-60-36-40-62(108)41-37-60)79(113)105-75(57(7)8)84(118)97-65(33-25-45-95-89(124)127-92(12,13)14)77(111)102-71(87(121)122)49-55(3)4/h18-23,28-31,36-43,54-57,64-75,108-109H,24-27,32-35,44-53H2,1-17H3,(H,94,123)(H,95,124)(H,96,117)(H,97,118)(H,98,110)(H,99,115)(H,100,116)(H,101,112)(H,102,111)(H,103,125)(H,104,114)(H,105,113)(H,121,122)/t64-,65-,66-,67+,68+,69+,70+,71-,72-,73-,74-,75-/m0/s1. The van der Waals surface area contributed by atoms with Crippen LogP contribution in [0.25, 0.3) is 0 Å². The molecule has 4 aromatic carbocycles. The van der Waals surface area contributed by atoms with Crippen LogP contribution in [0, 0.1) is 23.7 Å². The molecule has 704 valence electrons. The van der Waals surface area contributed by atoms with Gasteiger partial charge in [0, 0.05) is 51.9 Å². The van der Waals surface area contributed by atoms with E-state index in [0.717, 1.165) is 0 Å². The largest absolute Gasteiger partial charge is 0.508 e. The summed E-state index contributed by atoms with van der Waals surface area (Å²) in [4.78, 5) is 218. The van der Waals surface area contributed by atoms with Gasteiger partial charge in [0.2, 0.25) is 65.0 Å². The van der Waals surface area contributed by atoms with Gasteiger partial charge >= 0.3 is 24.2 Å². The number of carbonyl (C=O) groups excluding carboxylic acids is 14. The van der Waals surface area contributed by atoms with Crippen LogP contribution in [0.15, 0.2) is 109 Å². The third-order valence-electron chi connectivity index (χ3n) is 21.0. The van der Waals surface area contributed by atoms with Crippen LogP contribution in [-0.4, -0.2) is 230 Å². The minimum atomic E-state index is -1.51. The number of carboxylic acid groups (broad SMARTS) is 1. The number of nitrogens with zero attached hydrogens (tertiary/aromatic N) is 2. The van der Waals surface area contributed by atoms with Crippen LogP contribution in [0.4, 0.5) is 14.4 Å². The van der Waals surface area contributed by atoms with E-state index in [-0.39, 0.29) is 133 Å². The summed E-state index contributed by atoms with van der Waals surface area (Å²) in [5.41, 5.74) is -0.394. The number of phenols is 2. The van der Waals surface area contributed by atoms with Gasteiger partial charge < -0.3 is 103 Å². The van der Waals surface area contributed by atoms with Crippen LogP contribution in [0.1, 0.15) is 204 Å². The number of likely N-dealkylation sites (tertiary alicyclic amines) is 2. The summed E-state index contributed by atoms with van der Waals surface area (Å²) in [6.07, 6.45) is -2.10. The normalized spacial score (nSPS) is 16.4. The van der Waals surface area contributed by atoms with Crippen molar-refractivity contribution in [2.24, 2.45) is 23.7 Å². The van der Waals surface area contributed by atoms with E-state index in [4.69, 9.17) is 14.2 Å². The van der Waals surface area contributed by atoms with Crippen molar-refractivity contribution in [2.45, 2.75) is 297 Å². The smallest absolute Gasteiger partial charge is 0.408 e. The fraction of sp³-hybridized carbons (Fsp3) is 0.581. The zero-order chi connectivity index (χ0) is 95.1. The van der Waals surface area contributed by atoms with Gasteiger partial charge in [0.15, 0.2) is 0 Å². The molecule has 2 fully saturated rings. The van der Waals surface area contributed by atoms with E-state index < -0.39 is 190 Å². The summed E-state index contributed by atoms with van der Waals surface area (Å²) in [6, 6.07) is 12.8. The van der Waals surface area contributed by atoms with Gasteiger partial charge in [0.1, 0.15) is 101 Å². The summed E-state index contributed by atoms with van der Waals surface area (Å²) >= 11 is 0. The van der Waals surface area contributed by atoms with Crippen LogP contribution < -0.4 is 63.8 Å². The molecule has 0 unspecified atom stereocenters. The Bertz CT molecular complexity index is 4400. The highest BCUT2D eigenvalue weighted by molar-refractivity contribution is 6.00. The van der Waals surface area contributed by atoms with Gasteiger partial charge in [0.25, 0.3) is 0 Å². The molecule has 4 aromatic rings. The Balaban J connectivity index is 1.27. The molecule has 0 bridgehead atoms. The van der Waals surface area contributed by atoms with Gasteiger partial charge in [-0.05, 0) is 197 Å². The van der Waals surface area contributed by atoms with Crippen LogP contribution in [0.5, 0.6) is 11.5 Å². The van der Waals surface area contributed by atoms with Gasteiger partial charge in [-0.3, -0.25) is 52.7 Å². The van der Waals surface area contributed by atoms with Crippen LogP contribution in [-0.2, 0) is 97.4 Å². The quantitative estimate of drug-likeness (QED) is 0.0162. The number of aliphatic carboxylic acids is 1. The van der Waals surface area contributed by atoms with Crippen molar-refractivity contribution in [1.29, 1.82) is 0 Å². The number of aromatic hydroxyl groups is 2. The lowest BCUT2D eigenvalue weighted by Crippen LogP contribution is -2.61. The molecule has 2 saturated heterocycles. The lowest BCUT2D eigenvalue weighted by molar-refractivity contribution is -0.143. The first kappa shape index (κ1) is 105.